The highest BCUT2D eigenvalue weighted by Gasteiger charge is 2.44. The molecule has 0 radical (unpaired) electrons. The average molecular weight is 803 g/mol. The molecule has 0 aromatic heterocycles. The maximum atomic E-state index is 10.7. The molecule has 2 saturated heterocycles. The SMILES string of the molecule is CC(=O)N[C@H]1C(O)O[C@H](CO)[C@@H](O)[C@@H]1O.CC(=O)N[C@H]1C(O)O[C@H](CO)[C@H](O)[C@@H]1O.CC(=O)O.CC(=O)O.CC(=O)O.CC(=O)O.CC(=O)O.CC(=O)O. The molecule has 0 saturated carbocycles. The van der Waals surface area contributed by atoms with E-state index >= 15 is 0 Å². The number of carbonyl (C=O) groups is 8. The van der Waals surface area contributed by atoms with Crippen molar-refractivity contribution in [1.82, 2.24) is 10.6 Å². The zero-order chi connectivity index (χ0) is 44.6. The number of carboxylic acid groups (broad SMARTS) is 6. The van der Waals surface area contributed by atoms with E-state index < -0.39 is 122 Å². The van der Waals surface area contributed by atoms with Crippen LogP contribution in [-0.4, -0.2) is 194 Å². The van der Waals surface area contributed by atoms with Crippen LogP contribution in [-0.2, 0) is 47.8 Å². The Morgan fingerprint density at radius 3 is 0.704 bits per heavy atom. The summed E-state index contributed by atoms with van der Waals surface area (Å²) in [6.07, 6.45) is -10.5. The molecule has 26 heteroatoms. The first-order chi connectivity index (χ1) is 24.3. The van der Waals surface area contributed by atoms with Gasteiger partial charge in [0.2, 0.25) is 11.8 Å². The number of carbonyl (C=O) groups excluding carboxylic acids is 2. The molecule has 16 N–H and O–H groups in total. The first-order valence-electron chi connectivity index (χ1n) is 14.7. The van der Waals surface area contributed by atoms with Gasteiger partial charge < -0.3 is 91.6 Å². The molecule has 320 valence electrons. The Balaban J connectivity index is -0.000000136. The molecule has 2 rings (SSSR count). The maximum absolute atomic E-state index is 10.7. The number of nitrogens with one attached hydrogen (secondary N) is 2. The summed E-state index contributed by atoms with van der Waals surface area (Å²) in [5.74, 6) is -5.92. The summed E-state index contributed by atoms with van der Waals surface area (Å²) in [4.78, 5) is 75.5. The van der Waals surface area contributed by atoms with Gasteiger partial charge in [0.1, 0.15) is 48.7 Å². The summed E-state index contributed by atoms with van der Waals surface area (Å²) < 4.78 is 9.62. The minimum Gasteiger partial charge on any atom is -0.481 e. The van der Waals surface area contributed by atoms with Gasteiger partial charge in [-0.05, 0) is 0 Å². The average Bonchev–Trinajstić information content (AvgIpc) is 2.95. The van der Waals surface area contributed by atoms with Crippen LogP contribution in [0.4, 0.5) is 0 Å². The van der Waals surface area contributed by atoms with Crippen molar-refractivity contribution in [2.24, 2.45) is 0 Å². The lowest BCUT2D eigenvalue weighted by Gasteiger charge is -2.40. The number of amides is 2. The Hall–Kier alpha value is -4.64. The van der Waals surface area contributed by atoms with E-state index in [9.17, 15) is 40.2 Å². The van der Waals surface area contributed by atoms with Gasteiger partial charge in [0, 0.05) is 55.4 Å². The predicted octanol–water partition coefficient (Wildman–Crippen LogP) is -5.61. The van der Waals surface area contributed by atoms with Gasteiger partial charge in [-0.15, -0.1) is 0 Å². The van der Waals surface area contributed by atoms with Crippen LogP contribution < -0.4 is 10.6 Å². The van der Waals surface area contributed by atoms with E-state index in [1.165, 1.54) is 13.8 Å². The molecule has 2 heterocycles. The maximum Gasteiger partial charge on any atom is 0.300 e. The number of hydrogen-bond donors (Lipinski definition) is 16. The molecule has 2 fully saturated rings. The van der Waals surface area contributed by atoms with Crippen molar-refractivity contribution < 1.29 is 119 Å². The van der Waals surface area contributed by atoms with E-state index in [0.29, 0.717) is 0 Å². The highest BCUT2D eigenvalue weighted by atomic mass is 16.6. The molecule has 0 aromatic rings. The van der Waals surface area contributed by atoms with Gasteiger partial charge in [-0.2, -0.15) is 0 Å². The van der Waals surface area contributed by atoms with Gasteiger partial charge in [-0.25, -0.2) is 0 Å². The highest BCUT2D eigenvalue weighted by molar-refractivity contribution is 5.73. The molecule has 0 bridgehead atoms. The van der Waals surface area contributed by atoms with Crippen molar-refractivity contribution in [3.8, 4) is 0 Å². The zero-order valence-corrected chi connectivity index (χ0v) is 30.5. The number of aliphatic hydroxyl groups is 8. The van der Waals surface area contributed by atoms with Crippen molar-refractivity contribution in [3.05, 3.63) is 0 Å². The lowest BCUT2D eigenvalue weighted by Crippen LogP contribution is -2.63. The van der Waals surface area contributed by atoms with Gasteiger partial charge in [0.05, 0.1) is 13.2 Å². The Morgan fingerprint density at radius 2 is 0.574 bits per heavy atom. The molecular formula is C28H54N2O24. The summed E-state index contributed by atoms with van der Waals surface area (Å²) in [6, 6.07) is -2.19. The summed E-state index contributed by atoms with van der Waals surface area (Å²) in [7, 11) is 0. The first-order valence-corrected chi connectivity index (χ1v) is 14.7. The predicted molar refractivity (Wildman–Crippen MR) is 175 cm³/mol. The van der Waals surface area contributed by atoms with Crippen molar-refractivity contribution in [1.29, 1.82) is 0 Å². The lowest BCUT2D eigenvalue weighted by molar-refractivity contribution is -0.253. The van der Waals surface area contributed by atoms with Crippen LogP contribution in [0.1, 0.15) is 55.4 Å². The fraction of sp³-hybridized carbons (Fsp3) is 0.714. The fourth-order valence-corrected chi connectivity index (χ4v) is 2.98. The van der Waals surface area contributed by atoms with E-state index in [1.54, 1.807) is 0 Å². The van der Waals surface area contributed by atoms with E-state index in [4.69, 9.17) is 79.1 Å². The number of carboxylic acids is 6. The number of aliphatic carboxylic acids is 6. The summed E-state index contributed by atoms with van der Waals surface area (Å²) in [6.45, 7) is 7.87. The van der Waals surface area contributed by atoms with E-state index in [1.807, 2.05) is 0 Å². The normalized spacial score (nSPS) is 25.7. The molecule has 2 amide bonds. The highest BCUT2D eigenvalue weighted by Crippen LogP contribution is 2.20. The van der Waals surface area contributed by atoms with Gasteiger partial charge in [0.25, 0.3) is 35.8 Å². The van der Waals surface area contributed by atoms with Gasteiger partial charge in [-0.1, -0.05) is 0 Å². The van der Waals surface area contributed by atoms with Crippen LogP contribution in [0.25, 0.3) is 0 Å². The van der Waals surface area contributed by atoms with Crippen molar-refractivity contribution in [2.45, 2.75) is 117 Å². The second-order valence-corrected chi connectivity index (χ2v) is 10.0. The van der Waals surface area contributed by atoms with Crippen molar-refractivity contribution in [3.63, 3.8) is 0 Å². The monoisotopic (exact) mass is 802 g/mol. The molecule has 2 unspecified atom stereocenters. The number of ether oxygens (including phenoxy) is 2. The van der Waals surface area contributed by atoms with Crippen LogP contribution in [0.3, 0.4) is 0 Å². The van der Waals surface area contributed by atoms with Crippen molar-refractivity contribution in [2.75, 3.05) is 13.2 Å². The lowest BCUT2D eigenvalue weighted by atomic mass is 9.97. The van der Waals surface area contributed by atoms with Gasteiger partial charge in [0.15, 0.2) is 12.6 Å². The molecule has 2 aliphatic rings. The third-order valence-electron chi connectivity index (χ3n) is 4.54. The molecule has 10 atom stereocenters. The Labute approximate surface area is 307 Å². The van der Waals surface area contributed by atoms with Crippen LogP contribution in [0.5, 0.6) is 0 Å². The topological polar surface area (TPSA) is 462 Å². The third-order valence-corrected chi connectivity index (χ3v) is 4.54. The Morgan fingerprint density at radius 1 is 0.407 bits per heavy atom. The van der Waals surface area contributed by atoms with E-state index in [-0.39, 0.29) is 0 Å². The number of aliphatic hydroxyl groups excluding tert-OH is 8. The minimum atomic E-state index is -1.45. The minimum absolute atomic E-state index is 0.462. The molecule has 54 heavy (non-hydrogen) atoms. The number of rotatable bonds is 4. The quantitative estimate of drug-likeness (QED) is 0.126. The Bertz CT molecular complexity index is 941. The molecule has 0 spiro atoms. The fourth-order valence-electron chi connectivity index (χ4n) is 2.98. The van der Waals surface area contributed by atoms with Crippen molar-refractivity contribution >= 4 is 47.6 Å². The largest absolute Gasteiger partial charge is 0.481 e. The summed E-state index contributed by atoms with van der Waals surface area (Å²) in [5, 5.41) is 123. The third kappa shape index (κ3) is 45.4. The summed E-state index contributed by atoms with van der Waals surface area (Å²) in [5.41, 5.74) is 0. The van der Waals surface area contributed by atoms with Gasteiger partial charge >= 0.3 is 0 Å². The van der Waals surface area contributed by atoms with Gasteiger partial charge in [-0.3, -0.25) is 38.4 Å². The second kappa shape index (κ2) is 35.4. The van der Waals surface area contributed by atoms with Crippen LogP contribution >= 0.6 is 0 Å². The van der Waals surface area contributed by atoms with E-state index in [0.717, 1.165) is 41.5 Å². The summed E-state index contributed by atoms with van der Waals surface area (Å²) >= 11 is 0. The molecule has 0 aromatic carbocycles. The van der Waals surface area contributed by atoms with E-state index in [2.05, 4.69) is 10.6 Å². The smallest absolute Gasteiger partial charge is 0.300 e. The second-order valence-electron chi connectivity index (χ2n) is 10.0. The molecule has 2 aliphatic heterocycles. The first kappa shape index (κ1) is 61.4. The standard InChI is InChI=1S/2C8H15NO6.6C2H4O2/c2*1-3(11)9-5-7(13)6(12)4(2-10)15-8(5)14;6*1-2(3)4/h2*4-8,10,12-14H,2H2,1H3,(H,9,11);6*1H3,(H,3,4)/t4-,5-,6+,7-,8?;4-,5-,6-,7-,8?;;;;;;/m11....../s1. The zero-order valence-electron chi connectivity index (χ0n) is 30.5. The van der Waals surface area contributed by atoms with Crippen LogP contribution in [0, 0.1) is 0 Å². The molecule has 0 aliphatic carbocycles. The van der Waals surface area contributed by atoms with Crippen LogP contribution in [0.15, 0.2) is 0 Å². The molecule has 26 nitrogen and oxygen atoms in total. The van der Waals surface area contributed by atoms with Crippen LogP contribution in [0.2, 0.25) is 0 Å². The Kier molecular flexibility index (Phi) is 40.2. The number of hydrogen-bond acceptors (Lipinski definition) is 18. The molecular weight excluding hydrogens is 748 g/mol.